The molecule has 1 aliphatic rings. The third kappa shape index (κ3) is 7.74. The van der Waals surface area contributed by atoms with Gasteiger partial charge in [0.15, 0.2) is 5.96 Å². The Bertz CT molecular complexity index is 510. The number of halogens is 1. The van der Waals surface area contributed by atoms with Crippen molar-refractivity contribution < 1.29 is 9.47 Å². The van der Waals surface area contributed by atoms with Crippen molar-refractivity contribution >= 4 is 35.8 Å². The van der Waals surface area contributed by atoms with E-state index >= 15 is 0 Å². The molecule has 0 aromatic carbocycles. The highest BCUT2D eigenvalue weighted by molar-refractivity contribution is 14.0. The summed E-state index contributed by atoms with van der Waals surface area (Å²) in [5.41, 5.74) is 1.13. The van der Waals surface area contributed by atoms with Gasteiger partial charge in [-0.1, -0.05) is 6.07 Å². The third-order valence-electron chi connectivity index (χ3n) is 3.67. The summed E-state index contributed by atoms with van der Waals surface area (Å²) in [6.45, 7) is 10.9. The molecule has 2 rings (SSSR count). The monoisotopic (exact) mass is 463 g/mol. The number of ether oxygens (including phenoxy) is 2. The number of aromatic nitrogens is 1. The SMILES string of the molecule is CCNC(=NCc1cccnc1N1CCOCC1)NCCOCC.I. The van der Waals surface area contributed by atoms with Gasteiger partial charge in [0.2, 0.25) is 0 Å². The van der Waals surface area contributed by atoms with E-state index in [0.29, 0.717) is 13.2 Å². The zero-order chi connectivity index (χ0) is 17.0. The van der Waals surface area contributed by atoms with Crippen LogP contribution in [-0.2, 0) is 16.0 Å². The van der Waals surface area contributed by atoms with Gasteiger partial charge in [0.25, 0.3) is 0 Å². The number of anilines is 1. The van der Waals surface area contributed by atoms with Crippen molar-refractivity contribution in [1.82, 2.24) is 15.6 Å². The highest BCUT2D eigenvalue weighted by atomic mass is 127. The Morgan fingerprint density at radius 2 is 2.12 bits per heavy atom. The Labute approximate surface area is 167 Å². The lowest BCUT2D eigenvalue weighted by molar-refractivity contribution is 0.122. The first kappa shape index (κ1) is 21.9. The predicted molar refractivity (Wildman–Crippen MR) is 112 cm³/mol. The molecule has 0 amide bonds. The summed E-state index contributed by atoms with van der Waals surface area (Å²) in [5.74, 6) is 1.81. The van der Waals surface area contributed by atoms with E-state index in [9.17, 15) is 0 Å². The van der Waals surface area contributed by atoms with Gasteiger partial charge in [0.05, 0.1) is 26.4 Å². The number of hydrogen-bond donors (Lipinski definition) is 2. The van der Waals surface area contributed by atoms with Crippen LogP contribution in [0, 0.1) is 0 Å². The summed E-state index contributed by atoms with van der Waals surface area (Å²) in [6.07, 6.45) is 1.84. The van der Waals surface area contributed by atoms with Crippen LogP contribution in [0.1, 0.15) is 19.4 Å². The molecule has 1 saturated heterocycles. The van der Waals surface area contributed by atoms with E-state index < -0.39 is 0 Å². The van der Waals surface area contributed by atoms with Crippen LogP contribution < -0.4 is 15.5 Å². The van der Waals surface area contributed by atoms with Crippen molar-refractivity contribution in [3.63, 3.8) is 0 Å². The van der Waals surface area contributed by atoms with Gasteiger partial charge in [-0.3, -0.25) is 0 Å². The van der Waals surface area contributed by atoms with E-state index in [1.807, 2.05) is 19.2 Å². The molecular weight excluding hydrogens is 433 g/mol. The predicted octanol–water partition coefficient (Wildman–Crippen LogP) is 1.63. The van der Waals surface area contributed by atoms with Crippen LogP contribution in [0.25, 0.3) is 0 Å². The minimum absolute atomic E-state index is 0. The Hall–Kier alpha value is -1.13. The number of aliphatic imine (C=N–C) groups is 1. The number of rotatable bonds is 8. The summed E-state index contributed by atoms with van der Waals surface area (Å²) in [7, 11) is 0. The maximum atomic E-state index is 5.43. The molecule has 1 aliphatic heterocycles. The summed E-state index contributed by atoms with van der Waals surface area (Å²) in [6, 6.07) is 4.05. The van der Waals surface area contributed by atoms with Crippen LogP contribution in [0.2, 0.25) is 0 Å². The first-order valence-corrected chi connectivity index (χ1v) is 8.71. The van der Waals surface area contributed by atoms with Crippen LogP contribution >= 0.6 is 24.0 Å². The fourth-order valence-corrected chi connectivity index (χ4v) is 2.51. The molecule has 0 unspecified atom stereocenters. The molecule has 0 atom stereocenters. The molecule has 0 saturated carbocycles. The molecule has 0 radical (unpaired) electrons. The first-order valence-electron chi connectivity index (χ1n) is 8.71. The van der Waals surface area contributed by atoms with Crippen molar-refractivity contribution in [3.05, 3.63) is 23.9 Å². The molecule has 1 fully saturated rings. The van der Waals surface area contributed by atoms with Gasteiger partial charge in [-0.15, -0.1) is 24.0 Å². The largest absolute Gasteiger partial charge is 0.380 e. The molecule has 0 spiro atoms. The lowest BCUT2D eigenvalue weighted by Crippen LogP contribution is -2.39. The van der Waals surface area contributed by atoms with E-state index in [1.165, 1.54) is 0 Å². The van der Waals surface area contributed by atoms with E-state index in [2.05, 4.69) is 38.5 Å². The normalized spacial score (nSPS) is 14.8. The second kappa shape index (κ2) is 13.1. The summed E-state index contributed by atoms with van der Waals surface area (Å²) < 4.78 is 10.8. The van der Waals surface area contributed by atoms with E-state index in [-0.39, 0.29) is 24.0 Å². The zero-order valence-corrected chi connectivity index (χ0v) is 17.5. The fourth-order valence-electron chi connectivity index (χ4n) is 2.51. The van der Waals surface area contributed by atoms with E-state index in [4.69, 9.17) is 9.47 Å². The van der Waals surface area contributed by atoms with Crippen molar-refractivity contribution in [2.45, 2.75) is 20.4 Å². The highest BCUT2D eigenvalue weighted by Crippen LogP contribution is 2.19. The Morgan fingerprint density at radius 1 is 1.32 bits per heavy atom. The summed E-state index contributed by atoms with van der Waals surface area (Å²) in [4.78, 5) is 11.5. The Morgan fingerprint density at radius 3 is 2.84 bits per heavy atom. The van der Waals surface area contributed by atoms with Crippen LogP contribution in [0.5, 0.6) is 0 Å². The number of nitrogens with one attached hydrogen (secondary N) is 2. The minimum Gasteiger partial charge on any atom is -0.380 e. The second-order valence-electron chi connectivity index (χ2n) is 5.40. The lowest BCUT2D eigenvalue weighted by atomic mass is 10.2. The van der Waals surface area contributed by atoms with Crippen molar-refractivity contribution in [2.75, 3.05) is 57.5 Å². The van der Waals surface area contributed by atoms with E-state index in [1.54, 1.807) is 0 Å². The summed E-state index contributed by atoms with van der Waals surface area (Å²) >= 11 is 0. The molecule has 2 heterocycles. The average Bonchev–Trinajstić information content (AvgIpc) is 2.64. The topological polar surface area (TPSA) is 71.0 Å². The molecule has 1 aromatic heterocycles. The number of guanidine groups is 1. The first-order chi connectivity index (χ1) is 11.8. The van der Waals surface area contributed by atoms with Gasteiger partial charge in [-0.25, -0.2) is 9.98 Å². The summed E-state index contributed by atoms with van der Waals surface area (Å²) in [5, 5.41) is 6.54. The number of hydrogen-bond acceptors (Lipinski definition) is 5. The van der Waals surface area contributed by atoms with Gasteiger partial charge in [-0.05, 0) is 19.9 Å². The smallest absolute Gasteiger partial charge is 0.191 e. The number of pyridine rings is 1. The molecular formula is C17H30IN5O2. The quantitative estimate of drug-likeness (QED) is 0.264. The van der Waals surface area contributed by atoms with Crippen LogP contribution in [-0.4, -0.2) is 63.6 Å². The molecule has 7 nitrogen and oxygen atoms in total. The van der Waals surface area contributed by atoms with Gasteiger partial charge < -0.3 is 25.0 Å². The fraction of sp³-hybridized carbons (Fsp3) is 0.647. The average molecular weight is 463 g/mol. The van der Waals surface area contributed by atoms with Crippen LogP contribution in [0.3, 0.4) is 0 Å². The minimum atomic E-state index is 0. The standard InChI is InChI=1S/C17H29N5O2.HI/c1-3-18-17(20-8-11-23-4-2)21-14-15-6-5-7-19-16(15)22-9-12-24-13-10-22;/h5-7H,3-4,8-14H2,1-2H3,(H2,18,20,21);1H. The lowest BCUT2D eigenvalue weighted by Gasteiger charge is -2.29. The zero-order valence-electron chi connectivity index (χ0n) is 15.2. The van der Waals surface area contributed by atoms with Gasteiger partial charge in [-0.2, -0.15) is 0 Å². The molecule has 8 heteroatoms. The number of nitrogens with zero attached hydrogens (tertiary/aromatic N) is 3. The molecule has 25 heavy (non-hydrogen) atoms. The Kier molecular flexibility index (Phi) is 11.5. The van der Waals surface area contributed by atoms with Crippen molar-refractivity contribution in [2.24, 2.45) is 4.99 Å². The van der Waals surface area contributed by atoms with Crippen molar-refractivity contribution in [1.29, 1.82) is 0 Å². The number of morpholine rings is 1. The Balaban J connectivity index is 0.00000312. The van der Waals surface area contributed by atoms with Gasteiger partial charge in [0, 0.05) is 44.5 Å². The molecule has 142 valence electrons. The van der Waals surface area contributed by atoms with Gasteiger partial charge in [0.1, 0.15) is 5.82 Å². The molecule has 0 bridgehead atoms. The maximum Gasteiger partial charge on any atom is 0.191 e. The molecule has 0 aliphatic carbocycles. The second-order valence-corrected chi connectivity index (χ2v) is 5.40. The maximum absolute atomic E-state index is 5.43. The third-order valence-corrected chi connectivity index (χ3v) is 3.67. The van der Waals surface area contributed by atoms with Crippen molar-refractivity contribution in [3.8, 4) is 0 Å². The van der Waals surface area contributed by atoms with E-state index in [0.717, 1.165) is 63.3 Å². The van der Waals surface area contributed by atoms with Gasteiger partial charge >= 0.3 is 0 Å². The van der Waals surface area contributed by atoms with Crippen LogP contribution in [0.15, 0.2) is 23.3 Å². The molecule has 2 N–H and O–H groups in total. The molecule has 1 aromatic rings. The van der Waals surface area contributed by atoms with Crippen LogP contribution in [0.4, 0.5) is 5.82 Å². The highest BCUT2D eigenvalue weighted by Gasteiger charge is 2.15.